The lowest BCUT2D eigenvalue weighted by atomic mass is 9.68. The zero-order valence-corrected chi connectivity index (χ0v) is 57.6. The summed E-state index contributed by atoms with van der Waals surface area (Å²) in [6.45, 7) is 52.6. The van der Waals surface area contributed by atoms with Crippen molar-refractivity contribution in [3.63, 3.8) is 0 Å². The Morgan fingerprint density at radius 1 is 0.287 bits per heavy atom. The van der Waals surface area contributed by atoms with Gasteiger partial charge < -0.3 is 40.9 Å². The topological polar surface area (TPSA) is 162 Å². The Morgan fingerprint density at radius 2 is 0.812 bits per heavy atom. The summed E-state index contributed by atoms with van der Waals surface area (Å²) in [6.07, 6.45) is 22.9. The zero-order chi connectivity index (χ0) is 62.0. The summed E-state index contributed by atoms with van der Waals surface area (Å²) < 4.78 is 0. The molecule has 0 aliphatic heterocycles. The van der Waals surface area contributed by atoms with Crippen LogP contribution in [0.5, 0.6) is 0 Å². The molecule has 0 bridgehead atoms. The highest BCUT2D eigenvalue weighted by molar-refractivity contribution is 4.89. The van der Waals surface area contributed by atoms with Crippen LogP contribution in [0.4, 0.5) is 0 Å². The van der Waals surface area contributed by atoms with Crippen LogP contribution in [0.2, 0.25) is 0 Å². The minimum Gasteiger partial charge on any atom is -0.393 e. The smallest absolute Gasteiger partial charge is 0.0616 e. The Kier molecular flexibility index (Phi) is 34.5. The van der Waals surface area contributed by atoms with Crippen molar-refractivity contribution in [3.05, 3.63) is 0 Å². The Balaban J connectivity index is 0.000000457. The molecule has 8 aliphatic rings. The largest absolute Gasteiger partial charge is 0.393 e. The highest BCUT2D eigenvalue weighted by atomic mass is 16.3. The lowest BCUT2D eigenvalue weighted by molar-refractivity contribution is -0.0254. The van der Waals surface area contributed by atoms with Crippen molar-refractivity contribution in [1.82, 2.24) is 0 Å². The van der Waals surface area contributed by atoms with E-state index in [4.69, 9.17) is 0 Å². The second-order valence-corrected chi connectivity index (χ2v) is 33.1. The van der Waals surface area contributed by atoms with Crippen LogP contribution in [-0.2, 0) is 0 Å². The lowest BCUT2D eigenvalue weighted by Gasteiger charge is -2.40. The minimum atomic E-state index is -0.0822. The standard InChI is InChI=1S/8C9H18O/c1-6-4-8(3)9(10)5-7(6)2;1-6-4-7(2)8(3)9(10)5-6;1-6-4-7(2)9(10)8(3)5-6;1-7-4-5-9(2,3)8(10)6-7;1-7-4-5-8(10)9(2,3)6-7;1-7-5-4-6-9(2,3)8(7)10;1-7-5-4-6-8(10)9(7,2)3;1-6-4-5-7(2)9(10)8(6)3/h3*6-10H,4-5H2,1-3H3;4*7-8,10H,4-6H2,1-3H3;6-10H,4-5H2,1-3H3. The molecule has 0 heterocycles. The molecule has 8 nitrogen and oxygen atoms in total. The fraction of sp³-hybridized carbons (Fsp3) is 1.00. The van der Waals surface area contributed by atoms with Gasteiger partial charge in [0.25, 0.3) is 0 Å². The molecule has 0 aromatic carbocycles. The van der Waals surface area contributed by atoms with Gasteiger partial charge in [-0.05, 0) is 213 Å². The van der Waals surface area contributed by atoms with Crippen molar-refractivity contribution in [3.8, 4) is 0 Å². The predicted octanol–water partition coefficient (Wildman–Crippen LogP) is 17.0. The maximum Gasteiger partial charge on any atom is 0.0616 e. The third kappa shape index (κ3) is 26.3. The molecule has 0 spiro atoms. The summed E-state index contributed by atoms with van der Waals surface area (Å²) in [5, 5.41) is 76.6. The zero-order valence-electron chi connectivity index (χ0n) is 57.6. The Bertz CT molecular complexity index is 1510. The van der Waals surface area contributed by atoms with Gasteiger partial charge in [-0.1, -0.05) is 198 Å². The first-order valence-corrected chi connectivity index (χ1v) is 34.0. The molecule has 8 heteroatoms. The van der Waals surface area contributed by atoms with E-state index in [0.29, 0.717) is 65.1 Å². The van der Waals surface area contributed by atoms with Crippen LogP contribution in [-0.4, -0.2) is 89.7 Å². The molecular formula is C72H144O8. The third-order valence-electron chi connectivity index (χ3n) is 23.3. The fourth-order valence-electron chi connectivity index (χ4n) is 15.0. The normalized spacial score (nSPS) is 44.4. The van der Waals surface area contributed by atoms with Crippen molar-refractivity contribution in [1.29, 1.82) is 0 Å². The molecular weight excluding hydrogens is 993 g/mol. The number of aliphatic hydroxyl groups excluding tert-OH is 8. The van der Waals surface area contributed by atoms with Gasteiger partial charge in [-0.3, -0.25) is 0 Å². The summed E-state index contributed by atoms with van der Waals surface area (Å²) in [6, 6.07) is 0. The highest BCUT2D eigenvalue weighted by Gasteiger charge is 2.39. The second kappa shape index (κ2) is 35.5. The summed E-state index contributed by atoms with van der Waals surface area (Å²) in [5.41, 5.74) is 0.653. The van der Waals surface area contributed by atoms with Gasteiger partial charge in [-0.2, -0.15) is 0 Å². The quantitative estimate of drug-likeness (QED) is 0.119. The molecule has 8 saturated carbocycles. The summed E-state index contributed by atoms with van der Waals surface area (Å²) in [4.78, 5) is 0. The van der Waals surface area contributed by atoms with E-state index in [2.05, 4.69) is 166 Å². The van der Waals surface area contributed by atoms with Gasteiger partial charge in [0.1, 0.15) is 0 Å². The van der Waals surface area contributed by atoms with Gasteiger partial charge in [0.2, 0.25) is 0 Å². The van der Waals surface area contributed by atoms with Crippen molar-refractivity contribution >= 4 is 0 Å². The van der Waals surface area contributed by atoms with E-state index < -0.39 is 0 Å². The van der Waals surface area contributed by atoms with Gasteiger partial charge in [0, 0.05) is 0 Å². The molecule has 8 N–H and O–H groups in total. The predicted molar refractivity (Wildman–Crippen MR) is 342 cm³/mol. The van der Waals surface area contributed by atoms with E-state index >= 15 is 0 Å². The van der Waals surface area contributed by atoms with Crippen molar-refractivity contribution in [2.24, 2.45) is 116 Å². The molecule has 22 unspecified atom stereocenters. The maximum absolute atomic E-state index is 9.71. The first-order valence-electron chi connectivity index (χ1n) is 34.0. The van der Waals surface area contributed by atoms with E-state index in [1.54, 1.807) is 0 Å². The van der Waals surface area contributed by atoms with Gasteiger partial charge in [0.15, 0.2) is 0 Å². The van der Waals surface area contributed by atoms with Gasteiger partial charge in [-0.15, -0.1) is 0 Å². The first-order chi connectivity index (χ1) is 36.6. The SMILES string of the molecule is CC1CC(C)C(C)C(O)C1.CC1CC(C)C(O)C(C)C1.CC1CC(C)C(O)CC1C.CC1CCC(C)(C)C(O)C1.CC1CCC(C)C(O)C1C.CC1CCC(O)C(C)(C)C1.CC1CCCC(C)(C)C1O.CC1CCCC(O)C1(C)C. The number of rotatable bonds is 0. The van der Waals surface area contributed by atoms with E-state index in [1.807, 2.05) is 0 Å². The highest BCUT2D eigenvalue weighted by Crippen LogP contribution is 2.43. The number of hydrogen-bond donors (Lipinski definition) is 8. The molecule has 480 valence electrons. The summed E-state index contributed by atoms with van der Waals surface area (Å²) in [5.74, 6) is 10.3. The first kappa shape index (κ1) is 77.7. The average molecular weight is 1140 g/mol. The molecule has 22 atom stereocenters. The maximum atomic E-state index is 9.71. The van der Waals surface area contributed by atoms with Crippen LogP contribution in [0.15, 0.2) is 0 Å². The molecule has 0 aromatic rings. The lowest BCUT2D eigenvalue weighted by Crippen LogP contribution is -2.38. The van der Waals surface area contributed by atoms with Crippen LogP contribution in [0, 0.1) is 116 Å². The fourth-order valence-corrected chi connectivity index (χ4v) is 15.0. The molecule has 0 saturated heterocycles. The summed E-state index contributed by atoms with van der Waals surface area (Å²) >= 11 is 0. The molecule has 80 heavy (non-hydrogen) atoms. The molecule has 0 amide bonds. The Hall–Kier alpha value is -0.320. The average Bonchev–Trinajstić information content (AvgIpc) is 3.35. The molecule has 8 aliphatic carbocycles. The van der Waals surface area contributed by atoms with Gasteiger partial charge in [0.05, 0.1) is 48.8 Å². The second-order valence-electron chi connectivity index (χ2n) is 33.1. The molecule has 0 aromatic heterocycles. The third-order valence-corrected chi connectivity index (χ3v) is 23.3. The van der Waals surface area contributed by atoms with Crippen molar-refractivity contribution in [2.45, 2.75) is 343 Å². The van der Waals surface area contributed by atoms with Crippen LogP contribution in [0.1, 0.15) is 295 Å². The van der Waals surface area contributed by atoms with Gasteiger partial charge >= 0.3 is 0 Å². The van der Waals surface area contributed by atoms with Gasteiger partial charge in [-0.25, -0.2) is 0 Å². The Labute approximate surface area is 498 Å². The van der Waals surface area contributed by atoms with Crippen LogP contribution < -0.4 is 0 Å². The minimum absolute atomic E-state index is 0.0359. The number of hydrogen-bond acceptors (Lipinski definition) is 8. The molecule has 8 rings (SSSR count). The Morgan fingerprint density at radius 3 is 1.25 bits per heavy atom. The molecule has 0 radical (unpaired) electrons. The van der Waals surface area contributed by atoms with E-state index in [-0.39, 0.29) is 70.5 Å². The van der Waals surface area contributed by atoms with Crippen LogP contribution in [0.3, 0.4) is 0 Å². The van der Waals surface area contributed by atoms with Crippen molar-refractivity contribution in [2.75, 3.05) is 0 Å². The monoisotopic (exact) mass is 1140 g/mol. The summed E-state index contributed by atoms with van der Waals surface area (Å²) in [7, 11) is 0. The van der Waals surface area contributed by atoms with E-state index in [9.17, 15) is 40.9 Å². The van der Waals surface area contributed by atoms with E-state index in [0.717, 1.165) is 61.7 Å². The van der Waals surface area contributed by atoms with E-state index in [1.165, 1.54) is 96.3 Å². The van der Waals surface area contributed by atoms with Crippen LogP contribution >= 0.6 is 0 Å². The molecule has 8 fully saturated rings. The van der Waals surface area contributed by atoms with Crippen LogP contribution in [0.25, 0.3) is 0 Å². The van der Waals surface area contributed by atoms with Crippen molar-refractivity contribution < 1.29 is 40.9 Å². The number of aliphatic hydroxyl groups is 8.